The zero-order chi connectivity index (χ0) is 19.6. The van der Waals surface area contributed by atoms with Gasteiger partial charge >= 0.3 is 0 Å². The summed E-state index contributed by atoms with van der Waals surface area (Å²) in [7, 11) is 1.73. The Kier molecular flexibility index (Phi) is 7.81. The smallest absolute Gasteiger partial charge is 0.251 e. The van der Waals surface area contributed by atoms with Crippen molar-refractivity contribution in [2.45, 2.75) is 19.4 Å². The third-order valence-electron chi connectivity index (χ3n) is 4.01. The zero-order valence-electron chi connectivity index (χ0n) is 15.5. The number of hydrogen-bond acceptors (Lipinski definition) is 4. The highest BCUT2D eigenvalue weighted by molar-refractivity contribution is 7.07. The van der Waals surface area contributed by atoms with E-state index in [0.29, 0.717) is 18.0 Å². The van der Waals surface area contributed by atoms with E-state index in [-0.39, 0.29) is 12.5 Å². The van der Waals surface area contributed by atoms with Gasteiger partial charge in [0.2, 0.25) is 5.91 Å². The van der Waals surface area contributed by atoms with Crippen LogP contribution in [0.25, 0.3) is 0 Å². The molecular formula is C19H25N5O2S. The maximum absolute atomic E-state index is 11.9. The Hall–Kier alpha value is -2.87. The second-order valence-electron chi connectivity index (χ2n) is 6.11. The highest BCUT2D eigenvalue weighted by Gasteiger charge is 2.08. The summed E-state index contributed by atoms with van der Waals surface area (Å²) < 4.78 is 0. The molecular weight excluding hydrogens is 362 g/mol. The molecule has 7 nitrogen and oxygen atoms in total. The van der Waals surface area contributed by atoms with Crippen LogP contribution < -0.4 is 21.7 Å². The lowest BCUT2D eigenvalue weighted by molar-refractivity contribution is -0.117. The van der Waals surface area contributed by atoms with E-state index in [1.807, 2.05) is 12.1 Å². The number of rotatable bonds is 8. The quantitative estimate of drug-likeness (QED) is 0.406. The van der Waals surface area contributed by atoms with Crippen molar-refractivity contribution in [2.24, 2.45) is 10.7 Å². The number of guanidine groups is 1. The van der Waals surface area contributed by atoms with Gasteiger partial charge in [0, 0.05) is 25.7 Å². The number of primary amides is 1. The number of nitrogens with zero attached hydrogens (tertiary/aromatic N) is 1. The molecule has 5 N–H and O–H groups in total. The molecule has 0 aliphatic carbocycles. The number of amides is 2. The number of hydrogen-bond donors (Lipinski definition) is 4. The summed E-state index contributed by atoms with van der Waals surface area (Å²) in [4.78, 5) is 26.8. The van der Waals surface area contributed by atoms with E-state index in [4.69, 9.17) is 5.73 Å². The minimum Gasteiger partial charge on any atom is -0.368 e. The van der Waals surface area contributed by atoms with E-state index in [9.17, 15) is 9.59 Å². The van der Waals surface area contributed by atoms with Gasteiger partial charge < -0.3 is 21.7 Å². The number of carbonyl (C=O) groups is 2. The molecule has 0 saturated heterocycles. The lowest BCUT2D eigenvalue weighted by atomic mass is 10.1. The molecule has 1 heterocycles. The minimum atomic E-state index is -0.573. The average Bonchev–Trinajstić information content (AvgIpc) is 3.21. The summed E-state index contributed by atoms with van der Waals surface area (Å²) in [6, 6.07) is 9.26. The average molecular weight is 388 g/mol. The fourth-order valence-electron chi connectivity index (χ4n) is 2.37. The monoisotopic (exact) mass is 387 g/mol. The predicted octanol–water partition coefficient (Wildman–Crippen LogP) is 1.43. The molecule has 2 amide bonds. The van der Waals surface area contributed by atoms with Gasteiger partial charge in [0.05, 0.1) is 6.54 Å². The molecule has 1 aromatic carbocycles. The number of thiophene rings is 1. The molecule has 0 bridgehead atoms. The van der Waals surface area contributed by atoms with Crippen LogP contribution in [-0.2, 0) is 11.3 Å². The first-order valence-electron chi connectivity index (χ1n) is 8.61. The van der Waals surface area contributed by atoms with Gasteiger partial charge in [0.1, 0.15) is 0 Å². The Morgan fingerprint density at radius 3 is 2.48 bits per heavy atom. The summed E-state index contributed by atoms with van der Waals surface area (Å²) in [5, 5.41) is 13.3. The molecule has 0 spiro atoms. The first-order chi connectivity index (χ1) is 13.0. The molecule has 144 valence electrons. The van der Waals surface area contributed by atoms with Crippen molar-refractivity contribution in [1.82, 2.24) is 16.0 Å². The Balaban J connectivity index is 1.80. The van der Waals surface area contributed by atoms with Crippen molar-refractivity contribution in [3.05, 3.63) is 57.8 Å². The fourth-order valence-corrected chi connectivity index (χ4v) is 3.16. The molecule has 2 aromatic rings. The van der Waals surface area contributed by atoms with Crippen LogP contribution in [0.1, 0.15) is 34.3 Å². The predicted molar refractivity (Wildman–Crippen MR) is 109 cm³/mol. The zero-order valence-corrected chi connectivity index (χ0v) is 16.3. The Bertz CT molecular complexity index is 772. The van der Waals surface area contributed by atoms with Gasteiger partial charge in [-0.15, -0.1) is 0 Å². The van der Waals surface area contributed by atoms with Gasteiger partial charge in [0.25, 0.3) is 5.91 Å². The van der Waals surface area contributed by atoms with Crippen molar-refractivity contribution >= 4 is 29.1 Å². The van der Waals surface area contributed by atoms with E-state index in [1.165, 1.54) is 5.56 Å². The first kappa shape index (κ1) is 20.4. The second-order valence-corrected chi connectivity index (χ2v) is 6.89. The molecule has 0 radical (unpaired) electrons. The topological polar surface area (TPSA) is 109 Å². The van der Waals surface area contributed by atoms with Crippen LogP contribution in [0.2, 0.25) is 0 Å². The first-order valence-corrected chi connectivity index (χ1v) is 9.56. The third kappa shape index (κ3) is 6.74. The molecule has 0 saturated carbocycles. The van der Waals surface area contributed by atoms with E-state index in [2.05, 4.69) is 44.7 Å². The van der Waals surface area contributed by atoms with Crippen LogP contribution >= 0.6 is 11.3 Å². The normalized spacial score (nSPS) is 12.3. The molecule has 0 fully saturated rings. The fraction of sp³-hybridized carbons (Fsp3) is 0.316. The molecule has 1 unspecified atom stereocenters. The lowest BCUT2D eigenvalue weighted by Gasteiger charge is -2.15. The van der Waals surface area contributed by atoms with Crippen molar-refractivity contribution in [3.8, 4) is 0 Å². The number of aliphatic imine (C=N–C) groups is 1. The van der Waals surface area contributed by atoms with E-state index in [1.54, 1.807) is 30.5 Å². The van der Waals surface area contributed by atoms with Crippen LogP contribution in [0, 0.1) is 0 Å². The number of nitrogens with two attached hydrogens (primary N) is 1. The van der Waals surface area contributed by atoms with Crippen LogP contribution in [-0.4, -0.2) is 37.9 Å². The van der Waals surface area contributed by atoms with Gasteiger partial charge in [-0.3, -0.25) is 14.6 Å². The van der Waals surface area contributed by atoms with Crippen molar-refractivity contribution in [2.75, 3.05) is 20.1 Å². The van der Waals surface area contributed by atoms with Crippen molar-refractivity contribution in [1.29, 1.82) is 0 Å². The molecule has 1 aromatic heterocycles. The maximum atomic E-state index is 11.9. The highest BCUT2D eigenvalue weighted by Crippen LogP contribution is 2.16. The number of carbonyl (C=O) groups excluding carboxylic acids is 2. The summed E-state index contributed by atoms with van der Waals surface area (Å²) in [6.45, 7) is 3.36. The number of nitrogens with one attached hydrogen (secondary N) is 3. The summed E-state index contributed by atoms with van der Waals surface area (Å²) in [5.74, 6) is 0.220. The molecule has 2 rings (SSSR count). The van der Waals surface area contributed by atoms with Crippen molar-refractivity contribution < 1.29 is 9.59 Å². The van der Waals surface area contributed by atoms with Gasteiger partial charge in [0.15, 0.2) is 5.96 Å². The SMILES string of the molecule is CN=C(NCc1ccc(C(=O)NCC(N)=O)cc1)NCC(C)c1ccsc1. The van der Waals surface area contributed by atoms with Gasteiger partial charge in [-0.1, -0.05) is 19.1 Å². The number of benzene rings is 1. The van der Waals surface area contributed by atoms with Crippen molar-refractivity contribution in [3.63, 3.8) is 0 Å². The molecule has 1 atom stereocenters. The summed E-state index contributed by atoms with van der Waals surface area (Å²) in [5.41, 5.74) is 7.82. The molecule has 27 heavy (non-hydrogen) atoms. The Morgan fingerprint density at radius 2 is 1.89 bits per heavy atom. The van der Waals surface area contributed by atoms with Gasteiger partial charge in [-0.05, 0) is 46.0 Å². The Morgan fingerprint density at radius 1 is 1.15 bits per heavy atom. The summed E-state index contributed by atoms with van der Waals surface area (Å²) in [6.07, 6.45) is 0. The third-order valence-corrected chi connectivity index (χ3v) is 4.71. The van der Waals surface area contributed by atoms with Crippen LogP contribution in [0.3, 0.4) is 0 Å². The standard InChI is InChI=1S/C19H25N5O2S/c1-13(16-7-8-27-12-16)9-23-19(21-2)24-10-14-3-5-15(6-4-14)18(26)22-11-17(20)25/h3-8,12-13H,9-11H2,1-2H3,(H2,20,25)(H,22,26)(H2,21,23,24). The largest absolute Gasteiger partial charge is 0.368 e. The van der Waals surface area contributed by atoms with Crippen LogP contribution in [0.5, 0.6) is 0 Å². The molecule has 8 heteroatoms. The van der Waals surface area contributed by atoms with Gasteiger partial charge in [-0.2, -0.15) is 11.3 Å². The van der Waals surface area contributed by atoms with E-state index < -0.39 is 5.91 Å². The highest BCUT2D eigenvalue weighted by atomic mass is 32.1. The van der Waals surface area contributed by atoms with E-state index in [0.717, 1.165) is 18.1 Å². The maximum Gasteiger partial charge on any atom is 0.251 e. The van der Waals surface area contributed by atoms with Crippen LogP contribution in [0.4, 0.5) is 0 Å². The molecule has 0 aliphatic heterocycles. The van der Waals surface area contributed by atoms with Gasteiger partial charge in [-0.25, -0.2) is 0 Å². The summed E-state index contributed by atoms with van der Waals surface area (Å²) >= 11 is 1.70. The second kappa shape index (κ2) is 10.3. The van der Waals surface area contributed by atoms with Crippen LogP contribution in [0.15, 0.2) is 46.1 Å². The Labute approximate surface area is 163 Å². The van der Waals surface area contributed by atoms with E-state index >= 15 is 0 Å². The minimum absolute atomic E-state index is 0.173. The molecule has 0 aliphatic rings. The lowest BCUT2D eigenvalue weighted by Crippen LogP contribution is -2.38.